The third kappa shape index (κ3) is 9.52. The third-order valence-electron chi connectivity index (χ3n) is 4.56. The number of esters is 1. The average Bonchev–Trinajstić information content (AvgIpc) is 3.22. The second-order valence-corrected chi connectivity index (χ2v) is 7.09. The molecular weight excluding hydrogens is 397 g/mol. The summed E-state index contributed by atoms with van der Waals surface area (Å²) in [6, 6.07) is 5.71. The first-order chi connectivity index (χ1) is 15.2. The first-order valence-corrected chi connectivity index (χ1v) is 11.2. The zero-order valence-corrected chi connectivity index (χ0v) is 19.0. The van der Waals surface area contributed by atoms with Crippen molar-refractivity contribution >= 4 is 13.8 Å². The van der Waals surface area contributed by atoms with Crippen LogP contribution in [0.4, 0.5) is 0 Å². The molecule has 0 N–H and O–H groups in total. The zero-order chi connectivity index (χ0) is 22.3. The Morgan fingerprint density at radius 1 is 1.10 bits per heavy atom. The van der Waals surface area contributed by atoms with E-state index in [2.05, 4.69) is 18.2 Å². The van der Waals surface area contributed by atoms with Crippen molar-refractivity contribution in [3.05, 3.63) is 35.7 Å². The Hall–Kier alpha value is -2.39. The van der Waals surface area contributed by atoms with Crippen LogP contribution < -0.4 is 9.47 Å². The zero-order valence-electron chi connectivity index (χ0n) is 19.0. The summed E-state index contributed by atoms with van der Waals surface area (Å²) in [4.78, 5) is 11.9. The lowest BCUT2D eigenvalue weighted by Crippen LogP contribution is -2.10. The van der Waals surface area contributed by atoms with Crippen molar-refractivity contribution in [1.82, 2.24) is 15.0 Å². The van der Waals surface area contributed by atoms with Gasteiger partial charge in [-0.3, -0.25) is 4.79 Å². The van der Waals surface area contributed by atoms with Gasteiger partial charge in [-0.05, 0) is 38.3 Å². The highest BCUT2D eigenvalue weighted by Crippen LogP contribution is 2.29. The minimum Gasteiger partial charge on any atom is -0.490 e. The summed E-state index contributed by atoms with van der Waals surface area (Å²) >= 11 is 0. The van der Waals surface area contributed by atoms with E-state index in [1.165, 1.54) is 0 Å². The number of nitrogens with zero attached hydrogens (tertiary/aromatic N) is 3. The lowest BCUT2D eigenvalue weighted by atomic mass is 9.97. The van der Waals surface area contributed by atoms with E-state index >= 15 is 0 Å². The van der Waals surface area contributed by atoms with Gasteiger partial charge in [0.1, 0.15) is 7.85 Å². The first kappa shape index (κ1) is 24.9. The maximum Gasteiger partial charge on any atom is 0.311 e. The number of rotatable bonds is 16. The Morgan fingerprint density at radius 2 is 1.94 bits per heavy atom. The third-order valence-corrected chi connectivity index (χ3v) is 4.56. The van der Waals surface area contributed by atoms with Gasteiger partial charge in [-0.1, -0.05) is 30.1 Å². The molecule has 0 saturated carbocycles. The van der Waals surface area contributed by atoms with Gasteiger partial charge in [0.05, 0.1) is 38.7 Å². The molecule has 0 atom stereocenters. The van der Waals surface area contributed by atoms with Gasteiger partial charge in [0.25, 0.3) is 0 Å². The number of ether oxygens (including phenoxy) is 4. The largest absolute Gasteiger partial charge is 0.490 e. The molecule has 2 rings (SSSR count). The van der Waals surface area contributed by atoms with Crippen LogP contribution in [0.15, 0.2) is 24.4 Å². The molecule has 1 heterocycles. The smallest absolute Gasteiger partial charge is 0.311 e. The monoisotopic (exact) mass is 431 g/mol. The molecule has 1 aromatic carbocycles. The number of carbonyl (C=O) groups is 1. The molecule has 8 nitrogen and oxygen atoms in total. The minimum absolute atomic E-state index is 0.241. The van der Waals surface area contributed by atoms with Gasteiger partial charge in [0.2, 0.25) is 0 Å². The number of hydrogen-bond donors (Lipinski definition) is 0. The van der Waals surface area contributed by atoms with Crippen molar-refractivity contribution in [3.63, 3.8) is 0 Å². The molecule has 0 fully saturated rings. The van der Waals surface area contributed by atoms with Crippen LogP contribution in [0, 0.1) is 0 Å². The van der Waals surface area contributed by atoms with Crippen molar-refractivity contribution in [2.75, 3.05) is 33.0 Å². The fourth-order valence-electron chi connectivity index (χ4n) is 2.87. The molecule has 0 spiro atoms. The molecule has 2 aromatic rings. The average molecular weight is 431 g/mol. The van der Waals surface area contributed by atoms with Gasteiger partial charge < -0.3 is 18.9 Å². The second kappa shape index (κ2) is 14.6. The Labute approximate surface area is 185 Å². The van der Waals surface area contributed by atoms with Crippen LogP contribution in [0.3, 0.4) is 0 Å². The number of aryl methyl sites for hydroxylation is 1. The minimum atomic E-state index is -0.241. The second-order valence-electron chi connectivity index (χ2n) is 7.09. The number of hydrogen-bond acceptors (Lipinski definition) is 7. The summed E-state index contributed by atoms with van der Waals surface area (Å²) in [5.41, 5.74) is 2.05. The van der Waals surface area contributed by atoms with E-state index in [-0.39, 0.29) is 5.97 Å². The maximum atomic E-state index is 11.9. The lowest BCUT2D eigenvalue weighted by molar-refractivity contribution is -0.134. The highest BCUT2D eigenvalue weighted by atomic mass is 16.6. The molecule has 0 aliphatic carbocycles. The van der Waals surface area contributed by atoms with Crippen molar-refractivity contribution < 1.29 is 23.7 Å². The quantitative estimate of drug-likeness (QED) is 0.174. The molecule has 1 aromatic heterocycles. The Bertz CT molecular complexity index is 784. The Morgan fingerprint density at radius 3 is 2.71 bits per heavy atom. The van der Waals surface area contributed by atoms with E-state index in [0.29, 0.717) is 57.5 Å². The highest BCUT2D eigenvalue weighted by Gasteiger charge is 2.11. The molecule has 0 saturated heterocycles. The molecule has 0 bridgehead atoms. The van der Waals surface area contributed by atoms with Crippen molar-refractivity contribution in [3.8, 4) is 11.5 Å². The van der Waals surface area contributed by atoms with E-state index in [1.54, 1.807) is 4.68 Å². The fraction of sp³-hybridized carbons (Fsp3) is 0.591. The molecule has 9 heteroatoms. The van der Waals surface area contributed by atoms with Crippen molar-refractivity contribution in [2.45, 2.75) is 52.4 Å². The predicted octanol–water partition coefficient (Wildman–Crippen LogP) is 2.18. The molecule has 170 valence electrons. The predicted molar refractivity (Wildman–Crippen MR) is 120 cm³/mol. The molecule has 0 aliphatic heterocycles. The Kier molecular flexibility index (Phi) is 11.7. The summed E-state index contributed by atoms with van der Waals surface area (Å²) in [6.45, 7) is 7.55. The number of benzene rings is 1. The van der Waals surface area contributed by atoms with Crippen LogP contribution in [0.25, 0.3) is 0 Å². The van der Waals surface area contributed by atoms with Gasteiger partial charge in [-0.15, -0.1) is 5.10 Å². The topological polar surface area (TPSA) is 84.7 Å². The van der Waals surface area contributed by atoms with Crippen LogP contribution in [-0.4, -0.2) is 61.8 Å². The van der Waals surface area contributed by atoms with E-state index < -0.39 is 0 Å². The van der Waals surface area contributed by atoms with Gasteiger partial charge in [0, 0.05) is 19.2 Å². The standard InChI is InChI=1S/C22H34BN3O5/c1-3-6-22(27)31-20-9-8-18(16-23)15-21(20)30-11-5-7-19-17-26(25-24-19)10-12-29-14-13-28-4-2/h8-9,15,17H,3-7,10-14,16,23H2,1-2H3. The molecule has 0 aliphatic rings. The molecule has 0 amide bonds. The van der Waals surface area contributed by atoms with Crippen LogP contribution in [-0.2, 0) is 33.6 Å². The van der Waals surface area contributed by atoms with Crippen LogP contribution in [0.1, 0.15) is 44.4 Å². The van der Waals surface area contributed by atoms with Crippen molar-refractivity contribution in [1.29, 1.82) is 0 Å². The van der Waals surface area contributed by atoms with Gasteiger partial charge in [0.15, 0.2) is 11.5 Å². The fourth-order valence-corrected chi connectivity index (χ4v) is 2.87. The molecular formula is C22H34BN3O5. The SMILES string of the molecule is BCc1ccc(OC(=O)CCC)c(OCCCc2cn(CCOCCOCC)nn2)c1. The van der Waals surface area contributed by atoms with Crippen LogP contribution >= 0.6 is 0 Å². The van der Waals surface area contributed by atoms with Gasteiger partial charge in [-0.25, -0.2) is 4.68 Å². The van der Waals surface area contributed by atoms with E-state index in [4.69, 9.17) is 18.9 Å². The summed E-state index contributed by atoms with van der Waals surface area (Å²) in [5, 5.41) is 8.33. The summed E-state index contributed by atoms with van der Waals surface area (Å²) in [6.07, 6.45) is 5.50. The molecule has 0 radical (unpaired) electrons. The Balaban J connectivity index is 1.75. The van der Waals surface area contributed by atoms with E-state index in [0.717, 1.165) is 36.8 Å². The first-order valence-electron chi connectivity index (χ1n) is 11.2. The van der Waals surface area contributed by atoms with Crippen molar-refractivity contribution in [2.24, 2.45) is 0 Å². The summed E-state index contributed by atoms with van der Waals surface area (Å²) in [7, 11) is 2.08. The number of aromatic nitrogens is 3. The number of carbonyl (C=O) groups excluding carboxylic acids is 1. The van der Waals surface area contributed by atoms with Gasteiger partial charge >= 0.3 is 5.97 Å². The van der Waals surface area contributed by atoms with Crippen LogP contribution in [0.2, 0.25) is 0 Å². The lowest BCUT2D eigenvalue weighted by Gasteiger charge is -2.13. The normalized spacial score (nSPS) is 10.9. The summed E-state index contributed by atoms with van der Waals surface area (Å²) in [5.74, 6) is 0.845. The molecule has 31 heavy (non-hydrogen) atoms. The maximum absolute atomic E-state index is 11.9. The van der Waals surface area contributed by atoms with E-state index in [9.17, 15) is 4.79 Å². The van der Waals surface area contributed by atoms with E-state index in [1.807, 2.05) is 38.2 Å². The summed E-state index contributed by atoms with van der Waals surface area (Å²) < 4.78 is 23.9. The van der Waals surface area contributed by atoms with Gasteiger partial charge in [-0.2, -0.15) is 0 Å². The molecule has 0 unspecified atom stereocenters. The van der Waals surface area contributed by atoms with Crippen LogP contribution in [0.5, 0.6) is 11.5 Å². The highest BCUT2D eigenvalue weighted by molar-refractivity contribution is 6.08.